The maximum absolute atomic E-state index is 14.4. The second-order valence-electron chi connectivity index (χ2n) is 9.20. The molecule has 2 aromatic carbocycles. The summed E-state index contributed by atoms with van der Waals surface area (Å²) in [5.74, 6) is -0.763. The quantitative estimate of drug-likeness (QED) is 0.222. The molecular weight excluding hydrogens is 575 g/mol. The van der Waals surface area contributed by atoms with Crippen molar-refractivity contribution in [2.45, 2.75) is 32.1 Å². The molecule has 194 valence electrons. The summed E-state index contributed by atoms with van der Waals surface area (Å²) in [5, 5.41) is 3.96. The van der Waals surface area contributed by atoms with Gasteiger partial charge in [0.05, 0.1) is 6.54 Å². The summed E-state index contributed by atoms with van der Waals surface area (Å²) < 4.78 is 16.6. The molecule has 2 aromatic heterocycles. The minimum atomic E-state index is -1.32. The molecule has 0 spiro atoms. The van der Waals surface area contributed by atoms with Crippen molar-refractivity contribution < 1.29 is 18.8 Å². The molecule has 10 heteroatoms. The number of rotatable bonds is 6. The van der Waals surface area contributed by atoms with Crippen LogP contribution >= 0.6 is 27.5 Å². The van der Waals surface area contributed by atoms with E-state index in [1.165, 1.54) is 11.8 Å². The number of anilines is 1. The number of Topliss-reactive ketones (excluding diaryl/α,β-unsaturated/α-hetero) is 1. The van der Waals surface area contributed by atoms with Crippen LogP contribution < -0.4 is 5.32 Å². The van der Waals surface area contributed by atoms with E-state index in [9.17, 15) is 18.8 Å². The van der Waals surface area contributed by atoms with Gasteiger partial charge in [-0.15, -0.1) is 0 Å². The van der Waals surface area contributed by atoms with Gasteiger partial charge in [0.25, 0.3) is 0 Å². The lowest BCUT2D eigenvalue weighted by atomic mass is 10.0. The monoisotopic (exact) mass is 596 g/mol. The van der Waals surface area contributed by atoms with Crippen molar-refractivity contribution in [1.29, 1.82) is 0 Å². The van der Waals surface area contributed by atoms with Gasteiger partial charge in [0, 0.05) is 34.1 Å². The number of amides is 2. The molecule has 2 amide bonds. The lowest BCUT2D eigenvalue weighted by Gasteiger charge is -2.24. The summed E-state index contributed by atoms with van der Waals surface area (Å²) in [5.41, 5.74) is 2.93. The van der Waals surface area contributed by atoms with Gasteiger partial charge in [0.1, 0.15) is 29.2 Å². The van der Waals surface area contributed by atoms with Crippen molar-refractivity contribution in [3.05, 3.63) is 82.0 Å². The summed E-state index contributed by atoms with van der Waals surface area (Å²) in [6.45, 7) is 1.14. The molecule has 1 aliphatic heterocycles. The largest absolute Gasteiger partial charge is 0.337 e. The van der Waals surface area contributed by atoms with E-state index < -0.39 is 24.0 Å². The average Bonchev–Trinajstić information content (AvgIpc) is 3.44. The van der Waals surface area contributed by atoms with E-state index in [1.807, 2.05) is 36.4 Å². The molecule has 7 nitrogen and oxygen atoms in total. The first-order valence-corrected chi connectivity index (χ1v) is 13.1. The van der Waals surface area contributed by atoms with Crippen molar-refractivity contribution in [2.75, 3.05) is 11.9 Å². The first-order chi connectivity index (χ1) is 18.2. The van der Waals surface area contributed by atoms with Gasteiger partial charge in [-0.2, -0.15) is 0 Å². The summed E-state index contributed by atoms with van der Waals surface area (Å²) in [6.07, 6.45) is 0.218. The fourth-order valence-electron chi connectivity index (χ4n) is 4.79. The van der Waals surface area contributed by atoms with Gasteiger partial charge in [-0.25, -0.2) is 9.37 Å². The smallest absolute Gasteiger partial charge is 0.248 e. The molecule has 5 rings (SSSR count). The number of hydrogen-bond acceptors (Lipinski definition) is 4. The third-order valence-corrected chi connectivity index (χ3v) is 7.24. The Morgan fingerprint density at radius 2 is 1.87 bits per heavy atom. The minimum absolute atomic E-state index is 0.0975. The summed E-state index contributed by atoms with van der Waals surface area (Å²) in [6, 6.07) is 17.1. The number of fused-ring (bicyclic) bond motifs is 1. The van der Waals surface area contributed by atoms with Gasteiger partial charge in [-0.3, -0.25) is 14.4 Å². The van der Waals surface area contributed by atoms with E-state index in [4.69, 9.17) is 11.6 Å². The molecule has 1 aliphatic rings. The lowest BCUT2D eigenvalue weighted by Crippen LogP contribution is -2.44. The maximum Gasteiger partial charge on any atom is 0.248 e. The highest BCUT2D eigenvalue weighted by molar-refractivity contribution is 9.10. The molecule has 1 N–H and O–H groups in total. The number of alkyl halides is 1. The molecular formula is C28H23BrClFN4O3. The first kappa shape index (κ1) is 26.1. The zero-order valence-electron chi connectivity index (χ0n) is 20.3. The second-order valence-corrected chi connectivity index (χ2v) is 10.4. The second kappa shape index (κ2) is 10.7. The molecule has 38 heavy (non-hydrogen) atoms. The van der Waals surface area contributed by atoms with Crippen LogP contribution in [0.4, 0.5) is 10.2 Å². The number of ketones is 1. The van der Waals surface area contributed by atoms with Crippen LogP contribution in [0.25, 0.3) is 22.0 Å². The molecule has 4 aromatic rings. The van der Waals surface area contributed by atoms with Crippen LogP contribution in [0.3, 0.4) is 0 Å². The van der Waals surface area contributed by atoms with Crippen LogP contribution in [0.1, 0.15) is 23.7 Å². The van der Waals surface area contributed by atoms with E-state index in [0.717, 1.165) is 11.1 Å². The Kier molecular flexibility index (Phi) is 7.32. The van der Waals surface area contributed by atoms with Gasteiger partial charge >= 0.3 is 0 Å². The van der Waals surface area contributed by atoms with Crippen LogP contribution in [0, 0.1) is 0 Å². The molecule has 2 unspecified atom stereocenters. The Morgan fingerprint density at radius 3 is 2.61 bits per heavy atom. The number of likely N-dealkylation sites (tertiary alicyclic amines) is 1. The van der Waals surface area contributed by atoms with Crippen LogP contribution in [-0.4, -0.2) is 50.8 Å². The number of carbonyl (C=O) groups excluding carboxylic acids is 3. The van der Waals surface area contributed by atoms with Gasteiger partial charge in [0.2, 0.25) is 11.8 Å². The number of benzene rings is 2. The molecule has 0 radical (unpaired) electrons. The van der Waals surface area contributed by atoms with E-state index >= 15 is 0 Å². The van der Waals surface area contributed by atoms with Crippen molar-refractivity contribution in [3.63, 3.8) is 0 Å². The van der Waals surface area contributed by atoms with E-state index in [0.29, 0.717) is 31.9 Å². The minimum Gasteiger partial charge on any atom is -0.337 e. The number of nitrogens with one attached hydrogen (secondary N) is 1. The third-order valence-electron chi connectivity index (χ3n) is 6.56. The fourth-order valence-corrected chi connectivity index (χ4v) is 5.32. The van der Waals surface area contributed by atoms with Gasteiger partial charge in [-0.05, 0) is 70.4 Å². The van der Waals surface area contributed by atoms with Crippen LogP contribution in [0.15, 0.2) is 71.5 Å². The Labute approximate surface area is 231 Å². The zero-order chi connectivity index (χ0) is 27.0. The molecule has 0 saturated carbocycles. The number of pyridine rings is 1. The average molecular weight is 598 g/mol. The van der Waals surface area contributed by atoms with E-state index in [-0.39, 0.29) is 25.3 Å². The Hall–Kier alpha value is -3.56. The van der Waals surface area contributed by atoms with Gasteiger partial charge in [0.15, 0.2) is 5.78 Å². The zero-order valence-corrected chi connectivity index (χ0v) is 22.7. The highest BCUT2D eigenvalue weighted by Crippen LogP contribution is 2.30. The number of halogens is 3. The van der Waals surface area contributed by atoms with Crippen molar-refractivity contribution in [3.8, 4) is 11.1 Å². The van der Waals surface area contributed by atoms with Gasteiger partial charge in [-0.1, -0.05) is 35.9 Å². The van der Waals surface area contributed by atoms with Crippen LogP contribution in [0.2, 0.25) is 5.02 Å². The number of aromatic nitrogens is 2. The summed E-state index contributed by atoms with van der Waals surface area (Å²) in [7, 11) is 0. The topological polar surface area (TPSA) is 84.3 Å². The maximum atomic E-state index is 14.4. The van der Waals surface area contributed by atoms with Crippen LogP contribution in [-0.2, 0) is 16.1 Å². The summed E-state index contributed by atoms with van der Waals surface area (Å²) in [4.78, 5) is 44.2. The highest BCUT2D eigenvalue weighted by Gasteiger charge is 2.40. The number of hydrogen-bond donors (Lipinski definition) is 1. The Morgan fingerprint density at radius 1 is 1.11 bits per heavy atom. The molecule has 0 aliphatic carbocycles. The summed E-state index contributed by atoms with van der Waals surface area (Å²) >= 11 is 9.40. The normalized spacial score (nSPS) is 17.1. The first-order valence-electron chi connectivity index (χ1n) is 12.0. The Bertz CT molecular complexity index is 1570. The lowest BCUT2D eigenvalue weighted by molar-refractivity contribution is -0.137. The number of carbonyl (C=O) groups is 3. The predicted molar refractivity (Wildman–Crippen MR) is 148 cm³/mol. The third kappa shape index (κ3) is 5.35. The number of nitrogens with zero attached hydrogens (tertiary/aromatic N) is 3. The molecule has 3 heterocycles. The van der Waals surface area contributed by atoms with E-state index in [1.54, 1.807) is 35.0 Å². The molecule has 1 saturated heterocycles. The SMILES string of the molecule is CC(=O)c1cn(CC(=O)N2CC(F)CC2C(=O)Nc2cccc(Br)n2)c2ccc(-c3cccc(Cl)c3)cc12. The van der Waals surface area contributed by atoms with Crippen LogP contribution in [0.5, 0.6) is 0 Å². The molecule has 0 bridgehead atoms. The molecule has 1 fully saturated rings. The van der Waals surface area contributed by atoms with Crippen molar-refractivity contribution in [1.82, 2.24) is 14.5 Å². The van der Waals surface area contributed by atoms with Gasteiger partial charge < -0.3 is 14.8 Å². The van der Waals surface area contributed by atoms with Crippen molar-refractivity contribution in [2.24, 2.45) is 0 Å². The predicted octanol–water partition coefficient (Wildman–Crippen LogP) is 5.90. The van der Waals surface area contributed by atoms with Crippen molar-refractivity contribution >= 4 is 61.8 Å². The Balaban J connectivity index is 1.41. The molecule has 2 atom stereocenters. The standard InChI is InChI=1S/C28H23BrClFN4O3/c1-16(36)22-14-34(23-9-8-18(11-21(22)23)17-4-2-5-19(30)10-17)15-27(37)35-13-20(31)12-24(35)28(38)33-26-7-3-6-25(29)32-26/h2-11,14,20,24H,12-13,15H2,1H3,(H,32,33,38). The fraction of sp³-hybridized carbons (Fsp3) is 0.214. The van der Waals surface area contributed by atoms with E-state index in [2.05, 4.69) is 26.2 Å². The highest BCUT2D eigenvalue weighted by atomic mass is 79.9.